The first kappa shape index (κ1) is 53.2. The van der Waals surface area contributed by atoms with Crippen molar-refractivity contribution in [2.75, 3.05) is 36.1 Å². The molecule has 70 heavy (non-hydrogen) atoms. The number of aliphatic imine (C=N–C) groups is 2. The summed E-state index contributed by atoms with van der Waals surface area (Å²) in [6.45, 7) is 23.6. The SMILES string of the molecule is CC(C)(C)[Si](C)(C)OC[C@H]1N=C(c2ccccc2)c2ccccc2N(CC[C@@H]2CC(Br)=NO2)C1=O.CC(C)(C)[Si](C)(C)OC[C@H]1N=C(c2ccccc2)c2ccccc2N(CC[C@H]2CC(Br)=NO2)C1=O. The number of benzodiazepines with no additional fused rings is 2. The summed E-state index contributed by atoms with van der Waals surface area (Å²) in [7, 11) is -4.13. The minimum absolute atomic E-state index is 0.0416. The van der Waals surface area contributed by atoms with Crippen molar-refractivity contribution >= 4 is 92.3 Å². The van der Waals surface area contributed by atoms with Gasteiger partial charge in [0.2, 0.25) is 0 Å². The molecule has 0 N–H and O–H groups in total. The maximum absolute atomic E-state index is 14.0. The minimum Gasteiger partial charge on any atom is -0.414 e. The van der Waals surface area contributed by atoms with Crippen LogP contribution >= 0.6 is 31.9 Å². The van der Waals surface area contributed by atoms with E-state index >= 15 is 0 Å². The topological polar surface area (TPSA) is 127 Å². The van der Waals surface area contributed by atoms with Crippen molar-refractivity contribution < 1.29 is 28.1 Å². The molecule has 4 aromatic carbocycles. The van der Waals surface area contributed by atoms with Gasteiger partial charge in [-0.3, -0.25) is 19.6 Å². The van der Waals surface area contributed by atoms with Crippen LogP contribution in [-0.2, 0) is 28.1 Å². The standard InChI is InChI=1S/2C27H34BrN3O3Si/c2*1-27(2,3)35(4,5)33-18-22-26(32)31(16-15-20-17-24(28)30-34-20)23-14-10-9-13-21(23)25(29-22)19-11-7-6-8-12-19/h2*6-14,20,22H,15-18H2,1-5H3/t20-,22+;20-,22-/m01/s1. The summed E-state index contributed by atoms with van der Waals surface area (Å²) in [5.41, 5.74) is 7.26. The molecule has 0 unspecified atom stereocenters. The molecule has 0 saturated carbocycles. The molecule has 4 atom stereocenters. The lowest BCUT2D eigenvalue weighted by Crippen LogP contribution is -2.46. The number of hydrogen-bond acceptors (Lipinski definition) is 10. The minimum atomic E-state index is -2.07. The predicted octanol–water partition coefficient (Wildman–Crippen LogP) is 12.3. The highest BCUT2D eigenvalue weighted by Crippen LogP contribution is 2.39. The summed E-state index contributed by atoms with van der Waals surface area (Å²) in [5, 5.41) is 8.09. The van der Waals surface area contributed by atoms with Gasteiger partial charge in [-0.25, -0.2) is 0 Å². The van der Waals surface area contributed by atoms with Gasteiger partial charge in [0.15, 0.2) is 28.7 Å². The quantitative estimate of drug-likeness (QED) is 0.116. The van der Waals surface area contributed by atoms with Gasteiger partial charge in [-0.15, -0.1) is 0 Å². The Bertz CT molecular complexity index is 2430. The summed E-state index contributed by atoms with van der Waals surface area (Å²) in [5.74, 6) is -0.0832. The molecule has 2 amide bonds. The molecular weight excluding hydrogens is 1040 g/mol. The fraction of sp³-hybridized carbons (Fsp3) is 0.444. The van der Waals surface area contributed by atoms with E-state index in [0.717, 1.165) is 54.3 Å². The van der Waals surface area contributed by atoms with Gasteiger partial charge in [0, 0.05) is 61.0 Å². The number of carbonyl (C=O) groups excluding carboxylic acids is 2. The maximum atomic E-state index is 14.0. The number of halogens is 2. The Kier molecular flexibility index (Phi) is 17.1. The second-order valence-electron chi connectivity index (χ2n) is 21.3. The van der Waals surface area contributed by atoms with Crippen LogP contribution in [0, 0.1) is 0 Å². The zero-order chi connectivity index (χ0) is 50.4. The smallest absolute Gasteiger partial charge is 0.254 e. The molecule has 12 nitrogen and oxygen atoms in total. The van der Waals surface area contributed by atoms with Gasteiger partial charge in [-0.1, -0.05) is 149 Å². The highest BCUT2D eigenvalue weighted by molar-refractivity contribution is 9.18. The van der Waals surface area contributed by atoms with Crippen molar-refractivity contribution in [2.45, 2.75) is 128 Å². The number of amides is 2. The van der Waals surface area contributed by atoms with E-state index in [4.69, 9.17) is 28.5 Å². The zero-order valence-electron chi connectivity index (χ0n) is 42.2. The van der Waals surface area contributed by atoms with Crippen molar-refractivity contribution in [3.05, 3.63) is 131 Å². The zero-order valence-corrected chi connectivity index (χ0v) is 47.4. The second kappa shape index (κ2) is 22.5. The largest absolute Gasteiger partial charge is 0.414 e. The van der Waals surface area contributed by atoms with Crippen molar-refractivity contribution in [3.8, 4) is 0 Å². The average Bonchev–Trinajstić information content (AvgIpc) is 3.90. The van der Waals surface area contributed by atoms with Gasteiger partial charge in [-0.2, -0.15) is 0 Å². The van der Waals surface area contributed by atoms with E-state index in [1.807, 2.05) is 119 Å². The Morgan fingerprint density at radius 1 is 0.557 bits per heavy atom. The number of para-hydroxylation sites is 2. The number of fused-ring (bicyclic) bond motifs is 2. The average molecular weight is 1110 g/mol. The first-order valence-electron chi connectivity index (χ1n) is 24.3. The van der Waals surface area contributed by atoms with E-state index in [1.165, 1.54) is 0 Å². The third kappa shape index (κ3) is 12.7. The molecule has 4 aromatic rings. The van der Waals surface area contributed by atoms with Crippen molar-refractivity contribution in [2.24, 2.45) is 20.3 Å². The Hall–Kier alpha value is -4.59. The van der Waals surface area contributed by atoms with E-state index in [1.54, 1.807) is 0 Å². The Morgan fingerprint density at radius 3 is 1.23 bits per heavy atom. The molecule has 4 aliphatic rings. The van der Waals surface area contributed by atoms with Crippen LogP contribution in [0.2, 0.25) is 36.3 Å². The van der Waals surface area contributed by atoms with Gasteiger partial charge in [0.1, 0.15) is 21.4 Å². The second-order valence-corrected chi connectivity index (χ2v) is 32.7. The lowest BCUT2D eigenvalue weighted by molar-refractivity contribution is -0.121. The number of oxime groups is 2. The number of hydrogen-bond donors (Lipinski definition) is 0. The van der Waals surface area contributed by atoms with Crippen molar-refractivity contribution in [3.63, 3.8) is 0 Å². The molecular formula is C54H68Br2N6O6Si2. The Balaban J connectivity index is 0.000000206. The van der Waals surface area contributed by atoms with Crippen LogP contribution in [0.3, 0.4) is 0 Å². The number of rotatable bonds is 14. The third-order valence-electron chi connectivity index (χ3n) is 14.2. The van der Waals surface area contributed by atoms with Crippen LogP contribution in [0.1, 0.15) is 89.5 Å². The Morgan fingerprint density at radius 2 is 0.900 bits per heavy atom. The maximum Gasteiger partial charge on any atom is 0.254 e. The molecule has 16 heteroatoms. The summed E-state index contributed by atoms with van der Waals surface area (Å²) in [4.78, 5) is 52.9. The summed E-state index contributed by atoms with van der Waals surface area (Å²) in [6.07, 6.45) is 2.68. The van der Waals surface area contributed by atoms with Gasteiger partial charge in [0.05, 0.1) is 36.0 Å². The van der Waals surface area contributed by atoms with Crippen molar-refractivity contribution in [1.29, 1.82) is 0 Å². The number of benzene rings is 4. The fourth-order valence-corrected chi connectivity index (χ4v) is 10.9. The number of carbonyl (C=O) groups is 2. The first-order valence-corrected chi connectivity index (χ1v) is 31.7. The number of nitrogens with zero attached hydrogens (tertiary/aromatic N) is 6. The molecule has 4 aliphatic heterocycles. The van der Waals surface area contributed by atoms with Crippen molar-refractivity contribution in [1.82, 2.24) is 0 Å². The highest BCUT2D eigenvalue weighted by atomic mass is 79.9. The van der Waals surface area contributed by atoms with Gasteiger partial charge in [0.25, 0.3) is 11.8 Å². The summed E-state index contributed by atoms with van der Waals surface area (Å²) in [6, 6.07) is 35.0. The first-order chi connectivity index (χ1) is 33.1. The van der Waals surface area contributed by atoms with Crippen LogP contribution in [0.5, 0.6) is 0 Å². The Labute approximate surface area is 433 Å². The molecule has 0 aliphatic carbocycles. The van der Waals surface area contributed by atoms with Crippen LogP contribution in [0.4, 0.5) is 11.4 Å². The predicted molar refractivity (Wildman–Crippen MR) is 297 cm³/mol. The van der Waals surface area contributed by atoms with Gasteiger partial charge >= 0.3 is 0 Å². The third-order valence-corrected chi connectivity index (χ3v) is 24.2. The molecule has 0 saturated heterocycles. The van der Waals surface area contributed by atoms with E-state index in [0.29, 0.717) is 38.8 Å². The van der Waals surface area contributed by atoms with E-state index in [-0.39, 0.29) is 47.3 Å². The normalized spacial score (nSPS) is 20.6. The molecule has 0 radical (unpaired) electrons. The van der Waals surface area contributed by atoms with Crippen LogP contribution in [0.25, 0.3) is 0 Å². The molecule has 372 valence electrons. The molecule has 0 fully saturated rings. The van der Waals surface area contributed by atoms with Crippen LogP contribution in [-0.4, -0.2) is 99.7 Å². The number of anilines is 2. The van der Waals surface area contributed by atoms with Crippen LogP contribution < -0.4 is 9.80 Å². The lowest BCUT2D eigenvalue weighted by Gasteiger charge is -2.37. The van der Waals surface area contributed by atoms with E-state index < -0.39 is 28.7 Å². The molecule has 8 rings (SSSR count). The monoisotopic (exact) mass is 1110 g/mol. The molecule has 0 aromatic heterocycles. The van der Waals surface area contributed by atoms with Crippen LogP contribution in [0.15, 0.2) is 129 Å². The lowest BCUT2D eigenvalue weighted by atomic mass is 10.00. The summed E-state index contributed by atoms with van der Waals surface area (Å²) < 4.78 is 14.6. The van der Waals surface area contributed by atoms with Gasteiger partial charge in [-0.05, 0) is 80.3 Å². The summed E-state index contributed by atoms with van der Waals surface area (Å²) >= 11 is 6.81. The molecule has 0 spiro atoms. The highest BCUT2D eigenvalue weighted by Gasteiger charge is 2.42. The molecule has 0 bridgehead atoms. The van der Waals surface area contributed by atoms with E-state index in [9.17, 15) is 9.59 Å². The molecule has 4 heterocycles. The van der Waals surface area contributed by atoms with E-state index in [2.05, 4.69) is 110 Å². The fourth-order valence-electron chi connectivity index (χ4n) is 7.96. The van der Waals surface area contributed by atoms with Gasteiger partial charge < -0.3 is 28.3 Å².